The predicted octanol–water partition coefficient (Wildman–Crippen LogP) is 3.29. The van der Waals surface area contributed by atoms with Crippen molar-refractivity contribution < 1.29 is 5.11 Å². The summed E-state index contributed by atoms with van der Waals surface area (Å²) in [6.45, 7) is 1.94. The molecule has 1 aromatic carbocycles. The van der Waals surface area contributed by atoms with Gasteiger partial charge in [0.05, 0.1) is 16.7 Å². The molecule has 2 aromatic heterocycles. The smallest absolute Gasteiger partial charge is 0.157 e. The molecule has 0 aliphatic carbocycles. The van der Waals surface area contributed by atoms with E-state index in [1.807, 2.05) is 19.1 Å². The topological polar surface area (TPSA) is 61.8 Å². The highest BCUT2D eigenvalue weighted by atomic mass is 35.5. The summed E-state index contributed by atoms with van der Waals surface area (Å²) in [6.07, 6.45) is 1.38. The molecule has 0 saturated heterocycles. The van der Waals surface area contributed by atoms with Crippen LogP contribution in [0.1, 0.15) is 5.56 Å². The van der Waals surface area contributed by atoms with E-state index in [0.29, 0.717) is 16.5 Å². The quantitative estimate of drug-likeness (QED) is 0.705. The van der Waals surface area contributed by atoms with Gasteiger partial charge in [0.1, 0.15) is 17.0 Å². The van der Waals surface area contributed by atoms with E-state index in [2.05, 4.69) is 15.0 Å². The van der Waals surface area contributed by atoms with Gasteiger partial charge in [-0.1, -0.05) is 17.7 Å². The first-order chi connectivity index (χ1) is 8.65. The first-order valence-electron chi connectivity index (χ1n) is 5.45. The number of halogens is 1. The number of aryl methyl sites for hydroxylation is 1. The Kier molecular flexibility index (Phi) is 2.45. The highest BCUT2D eigenvalue weighted by molar-refractivity contribution is 6.35. The van der Waals surface area contributed by atoms with Crippen LogP contribution in [0.25, 0.3) is 22.6 Å². The van der Waals surface area contributed by atoms with Gasteiger partial charge >= 0.3 is 0 Å². The molecule has 3 rings (SSSR count). The fraction of sp³-hybridized carbons (Fsp3) is 0.0769. The van der Waals surface area contributed by atoms with Gasteiger partial charge in [0.15, 0.2) is 5.82 Å². The minimum absolute atomic E-state index is 0.128. The van der Waals surface area contributed by atoms with Crippen molar-refractivity contribution >= 4 is 22.6 Å². The number of aromatic nitrogens is 3. The predicted molar refractivity (Wildman–Crippen MR) is 70.7 cm³/mol. The second-order valence-electron chi connectivity index (χ2n) is 4.08. The molecule has 4 nitrogen and oxygen atoms in total. The number of nitrogens with one attached hydrogen (secondary N) is 1. The maximum absolute atomic E-state index is 9.21. The van der Waals surface area contributed by atoms with Crippen LogP contribution in [0.15, 0.2) is 30.5 Å². The molecule has 0 unspecified atom stereocenters. The van der Waals surface area contributed by atoms with Gasteiger partial charge in [0.2, 0.25) is 0 Å². The van der Waals surface area contributed by atoms with Crippen LogP contribution in [0.3, 0.4) is 0 Å². The monoisotopic (exact) mass is 259 g/mol. The first-order valence-corrected chi connectivity index (χ1v) is 5.83. The number of fused-ring (bicyclic) bond motifs is 1. The van der Waals surface area contributed by atoms with Gasteiger partial charge in [-0.25, -0.2) is 9.97 Å². The highest BCUT2D eigenvalue weighted by Crippen LogP contribution is 2.27. The fourth-order valence-corrected chi connectivity index (χ4v) is 2.00. The maximum Gasteiger partial charge on any atom is 0.157 e. The Bertz CT molecular complexity index is 719. The summed E-state index contributed by atoms with van der Waals surface area (Å²) in [5.74, 6) is 0.765. The largest absolute Gasteiger partial charge is 0.506 e. The van der Waals surface area contributed by atoms with Gasteiger partial charge in [0, 0.05) is 0 Å². The van der Waals surface area contributed by atoms with Gasteiger partial charge in [-0.15, -0.1) is 0 Å². The lowest BCUT2D eigenvalue weighted by molar-refractivity contribution is 0.473. The lowest BCUT2D eigenvalue weighted by Crippen LogP contribution is -1.84. The first kappa shape index (κ1) is 11.0. The van der Waals surface area contributed by atoms with Crippen LogP contribution in [0.5, 0.6) is 5.75 Å². The average molecular weight is 260 g/mol. The number of hydrogen-bond acceptors (Lipinski definition) is 3. The molecule has 0 aliphatic rings. The second-order valence-corrected chi connectivity index (χ2v) is 4.46. The van der Waals surface area contributed by atoms with Crippen LogP contribution in [0.4, 0.5) is 0 Å². The van der Waals surface area contributed by atoms with Gasteiger partial charge in [-0.05, 0) is 30.7 Å². The van der Waals surface area contributed by atoms with Crippen LogP contribution < -0.4 is 0 Å². The normalized spacial score (nSPS) is 11.0. The van der Waals surface area contributed by atoms with Crippen molar-refractivity contribution in [3.05, 3.63) is 41.0 Å². The molecule has 0 atom stereocenters. The maximum atomic E-state index is 9.21. The molecule has 2 heterocycles. The van der Waals surface area contributed by atoms with Crippen molar-refractivity contribution in [3.8, 4) is 17.3 Å². The molecule has 0 bridgehead atoms. The Morgan fingerprint density at radius 3 is 2.78 bits per heavy atom. The zero-order valence-corrected chi connectivity index (χ0v) is 10.4. The van der Waals surface area contributed by atoms with E-state index < -0.39 is 0 Å². The third-order valence-corrected chi connectivity index (χ3v) is 3.25. The summed E-state index contributed by atoms with van der Waals surface area (Å²) in [4.78, 5) is 11.7. The molecule has 0 saturated carbocycles. The number of H-pyrrole nitrogens is 1. The molecular formula is C13H10ClN3O. The van der Waals surface area contributed by atoms with E-state index in [1.54, 1.807) is 12.1 Å². The number of nitrogens with zero attached hydrogens (tertiary/aromatic N) is 2. The number of pyridine rings is 1. The molecule has 0 spiro atoms. The number of rotatable bonds is 1. The minimum atomic E-state index is 0.128. The van der Waals surface area contributed by atoms with Crippen LogP contribution >= 0.6 is 11.6 Å². The SMILES string of the molecule is Cc1ccc2[nH]c(-c3ccc(O)cn3)nc2c1Cl. The molecule has 3 aromatic rings. The highest BCUT2D eigenvalue weighted by Gasteiger charge is 2.10. The van der Waals surface area contributed by atoms with E-state index in [1.165, 1.54) is 6.20 Å². The Labute approximate surface area is 108 Å². The summed E-state index contributed by atoms with van der Waals surface area (Å²) in [5, 5.41) is 9.86. The number of aromatic amines is 1. The zero-order valence-electron chi connectivity index (χ0n) is 9.61. The van der Waals surface area contributed by atoms with Gasteiger partial charge in [-0.3, -0.25) is 0 Å². The number of imidazole rings is 1. The Morgan fingerprint density at radius 1 is 1.22 bits per heavy atom. The molecule has 0 aliphatic heterocycles. The molecule has 0 amide bonds. The van der Waals surface area contributed by atoms with E-state index in [9.17, 15) is 5.11 Å². The van der Waals surface area contributed by atoms with E-state index in [-0.39, 0.29) is 5.75 Å². The lowest BCUT2D eigenvalue weighted by Gasteiger charge is -1.95. The number of hydrogen-bond donors (Lipinski definition) is 2. The molecule has 90 valence electrons. The summed E-state index contributed by atoms with van der Waals surface area (Å²) < 4.78 is 0. The van der Waals surface area contributed by atoms with Crippen LogP contribution in [0, 0.1) is 6.92 Å². The van der Waals surface area contributed by atoms with Crippen molar-refractivity contribution in [1.82, 2.24) is 15.0 Å². The van der Waals surface area contributed by atoms with Crippen LogP contribution in [-0.4, -0.2) is 20.1 Å². The van der Waals surface area contributed by atoms with Crippen LogP contribution in [0.2, 0.25) is 5.02 Å². The molecular weight excluding hydrogens is 250 g/mol. The molecule has 5 heteroatoms. The number of benzene rings is 1. The van der Waals surface area contributed by atoms with E-state index >= 15 is 0 Å². The average Bonchev–Trinajstić information content (AvgIpc) is 2.80. The minimum Gasteiger partial charge on any atom is -0.506 e. The molecule has 0 fully saturated rings. The Morgan fingerprint density at radius 2 is 2.06 bits per heavy atom. The van der Waals surface area contributed by atoms with E-state index in [4.69, 9.17) is 11.6 Å². The van der Waals surface area contributed by atoms with E-state index in [0.717, 1.165) is 16.6 Å². The summed E-state index contributed by atoms with van der Waals surface area (Å²) in [5.41, 5.74) is 3.26. The summed E-state index contributed by atoms with van der Waals surface area (Å²) in [6, 6.07) is 7.15. The summed E-state index contributed by atoms with van der Waals surface area (Å²) >= 11 is 6.21. The van der Waals surface area contributed by atoms with Gasteiger partial charge in [0.25, 0.3) is 0 Å². The fourth-order valence-electron chi connectivity index (χ4n) is 1.79. The van der Waals surface area contributed by atoms with Crippen molar-refractivity contribution in [1.29, 1.82) is 0 Å². The molecule has 18 heavy (non-hydrogen) atoms. The lowest BCUT2D eigenvalue weighted by atomic mass is 10.2. The third-order valence-electron chi connectivity index (χ3n) is 2.78. The van der Waals surface area contributed by atoms with Gasteiger partial charge in [-0.2, -0.15) is 0 Å². The third kappa shape index (κ3) is 1.71. The van der Waals surface area contributed by atoms with Crippen LogP contribution in [-0.2, 0) is 0 Å². The molecule has 0 radical (unpaired) electrons. The Balaban J connectivity index is 2.19. The van der Waals surface area contributed by atoms with Crippen molar-refractivity contribution in [2.45, 2.75) is 6.92 Å². The standard InChI is InChI=1S/C13H10ClN3O/c1-7-2-4-9-12(11(7)14)17-13(16-9)10-5-3-8(18)6-15-10/h2-6,18H,1H3,(H,16,17). The second kappa shape index (κ2) is 3.99. The number of aromatic hydroxyl groups is 1. The molecule has 2 N–H and O–H groups in total. The van der Waals surface area contributed by atoms with Gasteiger partial charge < -0.3 is 10.1 Å². The zero-order chi connectivity index (χ0) is 12.7. The van der Waals surface area contributed by atoms with Crippen molar-refractivity contribution in [2.75, 3.05) is 0 Å². The summed E-state index contributed by atoms with van der Waals surface area (Å²) in [7, 11) is 0. The Hall–Kier alpha value is -2.07. The van der Waals surface area contributed by atoms with Crippen molar-refractivity contribution in [2.24, 2.45) is 0 Å². The van der Waals surface area contributed by atoms with Crippen molar-refractivity contribution in [3.63, 3.8) is 0 Å².